The smallest absolute Gasteiger partial charge is 0.258 e. The lowest BCUT2D eigenvalue weighted by Gasteiger charge is -2.05. The van der Waals surface area contributed by atoms with Gasteiger partial charge in [0, 0.05) is 18.1 Å². The molecular weight excluding hydrogens is 202 g/mol. The number of ether oxygens (including phenoxy) is 1. The van der Waals surface area contributed by atoms with Crippen molar-refractivity contribution >= 4 is 10.8 Å². The molecule has 3 nitrogen and oxygen atoms in total. The number of allylic oxidation sites excluding steroid dienone is 1. The molecule has 0 amide bonds. The van der Waals surface area contributed by atoms with E-state index < -0.39 is 0 Å². The molecule has 0 unspecified atom stereocenters. The van der Waals surface area contributed by atoms with Gasteiger partial charge in [0.15, 0.2) is 0 Å². The van der Waals surface area contributed by atoms with Crippen molar-refractivity contribution in [3.63, 3.8) is 0 Å². The van der Waals surface area contributed by atoms with Gasteiger partial charge in [-0.2, -0.15) is 0 Å². The largest absolute Gasteiger partial charge is 0.497 e. The van der Waals surface area contributed by atoms with Crippen molar-refractivity contribution in [1.82, 2.24) is 4.57 Å². The summed E-state index contributed by atoms with van der Waals surface area (Å²) >= 11 is 0. The highest BCUT2D eigenvalue weighted by Crippen LogP contribution is 2.17. The molecule has 0 aliphatic carbocycles. The summed E-state index contributed by atoms with van der Waals surface area (Å²) < 4.78 is 6.74. The third-order valence-corrected chi connectivity index (χ3v) is 2.51. The van der Waals surface area contributed by atoms with Crippen LogP contribution < -0.4 is 10.3 Å². The van der Waals surface area contributed by atoms with Crippen LogP contribution in [0.3, 0.4) is 0 Å². The molecule has 16 heavy (non-hydrogen) atoms. The molecule has 0 saturated heterocycles. The molecule has 2 aromatic rings. The number of methoxy groups -OCH3 is 1. The molecule has 3 heteroatoms. The van der Waals surface area contributed by atoms with Crippen molar-refractivity contribution in [2.24, 2.45) is 0 Å². The van der Waals surface area contributed by atoms with Crippen molar-refractivity contribution in [2.45, 2.75) is 6.54 Å². The summed E-state index contributed by atoms with van der Waals surface area (Å²) in [6.07, 6.45) is 3.47. The van der Waals surface area contributed by atoms with Crippen LogP contribution in [0.25, 0.3) is 10.8 Å². The van der Waals surface area contributed by atoms with Crippen LogP contribution in [-0.2, 0) is 6.54 Å². The molecule has 2 rings (SSSR count). The summed E-state index contributed by atoms with van der Waals surface area (Å²) in [7, 11) is 1.61. The van der Waals surface area contributed by atoms with Gasteiger partial charge in [0.1, 0.15) is 5.75 Å². The molecule has 1 aromatic heterocycles. The first-order valence-electron chi connectivity index (χ1n) is 5.04. The summed E-state index contributed by atoms with van der Waals surface area (Å²) in [5.41, 5.74) is 0.0000491. The minimum Gasteiger partial charge on any atom is -0.497 e. The maximum absolute atomic E-state index is 12.0. The predicted octanol–water partition coefficient (Wildman–Crippen LogP) is 2.20. The molecular formula is C13H13NO2. The Hall–Kier alpha value is -2.03. The first kappa shape index (κ1) is 10.5. The molecule has 0 saturated carbocycles. The Morgan fingerprint density at radius 1 is 1.44 bits per heavy atom. The van der Waals surface area contributed by atoms with Gasteiger partial charge in [0.05, 0.1) is 7.11 Å². The molecule has 0 fully saturated rings. The zero-order chi connectivity index (χ0) is 11.5. The van der Waals surface area contributed by atoms with Gasteiger partial charge in [-0.3, -0.25) is 4.79 Å². The van der Waals surface area contributed by atoms with Crippen LogP contribution in [0.1, 0.15) is 0 Å². The lowest BCUT2D eigenvalue weighted by atomic mass is 10.1. The number of hydrogen-bond donors (Lipinski definition) is 0. The lowest BCUT2D eigenvalue weighted by Crippen LogP contribution is -2.18. The Balaban J connectivity index is 2.67. The minimum atomic E-state index is 0.0000491. The van der Waals surface area contributed by atoms with Crippen LogP contribution in [0.2, 0.25) is 0 Å². The van der Waals surface area contributed by atoms with Gasteiger partial charge in [-0.25, -0.2) is 0 Å². The predicted molar refractivity (Wildman–Crippen MR) is 65.0 cm³/mol. The summed E-state index contributed by atoms with van der Waals surface area (Å²) in [5, 5.41) is 1.59. The van der Waals surface area contributed by atoms with Crippen LogP contribution in [0, 0.1) is 0 Å². The second-order valence-electron chi connectivity index (χ2n) is 3.52. The van der Waals surface area contributed by atoms with Gasteiger partial charge < -0.3 is 9.30 Å². The second kappa shape index (κ2) is 4.23. The van der Waals surface area contributed by atoms with Crippen LogP contribution in [-0.4, -0.2) is 11.7 Å². The molecule has 0 aliphatic rings. The average Bonchev–Trinajstić information content (AvgIpc) is 2.32. The van der Waals surface area contributed by atoms with Gasteiger partial charge in [0.2, 0.25) is 0 Å². The standard InChI is InChI=1S/C13H13NO2/c1-3-7-14-8-6-10-9-11(16-2)4-5-12(10)13(14)15/h3-6,8-9H,1,7H2,2H3. The van der Waals surface area contributed by atoms with Crippen molar-refractivity contribution in [1.29, 1.82) is 0 Å². The summed E-state index contributed by atoms with van der Waals surface area (Å²) in [6.45, 7) is 4.15. The maximum Gasteiger partial charge on any atom is 0.258 e. The van der Waals surface area contributed by atoms with Crippen molar-refractivity contribution < 1.29 is 4.74 Å². The monoisotopic (exact) mass is 215 g/mol. The Morgan fingerprint density at radius 3 is 2.94 bits per heavy atom. The van der Waals surface area contributed by atoms with E-state index >= 15 is 0 Å². The topological polar surface area (TPSA) is 31.2 Å². The zero-order valence-corrected chi connectivity index (χ0v) is 9.14. The van der Waals surface area contributed by atoms with Gasteiger partial charge in [-0.05, 0) is 29.7 Å². The number of fused-ring (bicyclic) bond motifs is 1. The maximum atomic E-state index is 12.0. The summed E-state index contributed by atoms with van der Waals surface area (Å²) in [4.78, 5) is 12.0. The molecule has 0 spiro atoms. The van der Waals surface area contributed by atoms with Crippen molar-refractivity contribution in [3.05, 3.63) is 53.5 Å². The van der Waals surface area contributed by atoms with E-state index in [1.807, 2.05) is 12.1 Å². The van der Waals surface area contributed by atoms with E-state index in [-0.39, 0.29) is 5.56 Å². The molecule has 0 radical (unpaired) electrons. The highest BCUT2D eigenvalue weighted by Gasteiger charge is 2.02. The molecule has 0 N–H and O–H groups in total. The number of rotatable bonds is 3. The van der Waals surface area contributed by atoms with E-state index in [2.05, 4.69) is 6.58 Å². The van der Waals surface area contributed by atoms with Crippen molar-refractivity contribution in [2.75, 3.05) is 7.11 Å². The molecule has 1 heterocycles. The Morgan fingerprint density at radius 2 is 2.25 bits per heavy atom. The number of aromatic nitrogens is 1. The quantitative estimate of drug-likeness (QED) is 0.735. The van der Waals surface area contributed by atoms with Crippen LogP contribution in [0.5, 0.6) is 5.75 Å². The third kappa shape index (κ3) is 1.72. The molecule has 1 aromatic carbocycles. The number of hydrogen-bond acceptors (Lipinski definition) is 2. The van der Waals surface area contributed by atoms with Crippen molar-refractivity contribution in [3.8, 4) is 5.75 Å². The normalized spacial score (nSPS) is 10.3. The van der Waals surface area contributed by atoms with E-state index in [9.17, 15) is 4.79 Å². The highest BCUT2D eigenvalue weighted by molar-refractivity contribution is 5.82. The first-order chi connectivity index (χ1) is 7.76. The third-order valence-electron chi connectivity index (χ3n) is 2.51. The highest BCUT2D eigenvalue weighted by atomic mass is 16.5. The second-order valence-corrected chi connectivity index (χ2v) is 3.52. The van der Waals surface area contributed by atoms with E-state index in [1.165, 1.54) is 0 Å². The minimum absolute atomic E-state index is 0.0000491. The molecule has 0 bridgehead atoms. The molecule has 0 atom stereocenters. The van der Waals surface area contributed by atoms with Crippen LogP contribution >= 0.6 is 0 Å². The lowest BCUT2D eigenvalue weighted by molar-refractivity contribution is 0.415. The van der Waals surface area contributed by atoms with E-state index in [0.717, 1.165) is 11.1 Å². The fraction of sp³-hybridized carbons (Fsp3) is 0.154. The average molecular weight is 215 g/mol. The number of benzene rings is 1. The number of nitrogens with zero attached hydrogens (tertiary/aromatic N) is 1. The molecule has 82 valence electrons. The summed E-state index contributed by atoms with van der Waals surface area (Å²) in [6, 6.07) is 7.34. The van der Waals surface area contributed by atoms with Gasteiger partial charge >= 0.3 is 0 Å². The fourth-order valence-corrected chi connectivity index (χ4v) is 1.68. The Kier molecular flexibility index (Phi) is 2.77. The number of pyridine rings is 1. The summed E-state index contributed by atoms with van der Waals surface area (Å²) in [5.74, 6) is 0.758. The Bertz CT molecular complexity index is 584. The first-order valence-corrected chi connectivity index (χ1v) is 5.04. The SMILES string of the molecule is C=CCn1ccc2cc(OC)ccc2c1=O. The van der Waals surface area contributed by atoms with Gasteiger partial charge in [-0.15, -0.1) is 6.58 Å². The fourth-order valence-electron chi connectivity index (χ4n) is 1.68. The van der Waals surface area contributed by atoms with E-state index in [0.29, 0.717) is 11.9 Å². The molecule has 0 aliphatic heterocycles. The Labute approximate surface area is 93.6 Å². The van der Waals surface area contributed by atoms with E-state index in [4.69, 9.17) is 4.74 Å². The van der Waals surface area contributed by atoms with Crippen LogP contribution in [0.15, 0.2) is 47.9 Å². The zero-order valence-electron chi connectivity index (χ0n) is 9.14. The van der Waals surface area contributed by atoms with E-state index in [1.54, 1.807) is 36.1 Å². The van der Waals surface area contributed by atoms with Crippen LogP contribution in [0.4, 0.5) is 0 Å². The van der Waals surface area contributed by atoms with Gasteiger partial charge in [-0.1, -0.05) is 6.08 Å². The van der Waals surface area contributed by atoms with Gasteiger partial charge in [0.25, 0.3) is 5.56 Å².